The molecule has 1 fully saturated rings. The number of aromatic nitrogens is 1. The van der Waals surface area contributed by atoms with Crippen LogP contribution in [0, 0.1) is 0 Å². The molecule has 1 saturated carbocycles. The number of benzene rings is 2. The molecule has 9 heteroatoms. The number of nitrogens with one attached hydrogen (secondary N) is 3. The van der Waals surface area contributed by atoms with Gasteiger partial charge in [-0.3, -0.25) is 14.4 Å². The van der Waals surface area contributed by atoms with Crippen LogP contribution < -0.4 is 20.9 Å². The van der Waals surface area contributed by atoms with Gasteiger partial charge >= 0.3 is 0 Å². The highest BCUT2D eigenvalue weighted by Gasteiger charge is 2.20. The second-order valence-corrected chi connectivity index (χ2v) is 8.76. The molecular formula is C26H26ClN5O3. The normalized spacial score (nSPS) is 13.0. The first-order valence-corrected chi connectivity index (χ1v) is 11.7. The molecule has 3 amide bonds. The lowest BCUT2D eigenvalue weighted by Crippen LogP contribution is -2.42. The van der Waals surface area contributed by atoms with E-state index in [9.17, 15) is 14.4 Å². The number of likely N-dealkylation sites (N-methyl/N-ethyl adjacent to an activating group) is 1. The Labute approximate surface area is 208 Å². The highest BCUT2D eigenvalue weighted by atomic mass is 35.5. The SMILES string of the molecule is CN(C(=O)CNC1CCC1)c1ccc(C(=O)Nc2ccccc2C(=O)Nc2ccc(Cl)cn2)cc1. The number of nitrogens with zero attached hydrogens (tertiary/aromatic N) is 2. The molecular weight excluding hydrogens is 466 g/mol. The predicted octanol–water partition coefficient (Wildman–Crippen LogP) is 4.34. The number of rotatable bonds is 8. The molecule has 0 unspecified atom stereocenters. The summed E-state index contributed by atoms with van der Waals surface area (Å²) in [6.07, 6.45) is 4.87. The maximum absolute atomic E-state index is 12.9. The molecule has 0 atom stereocenters. The van der Waals surface area contributed by atoms with E-state index in [2.05, 4.69) is 20.9 Å². The van der Waals surface area contributed by atoms with E-state index in [4.69, 9.17) is 11.6 Å². The number of carbonyl (C=O) groups excluding carboxylic acids is 3. The fraction of sp³-hybridized carbons (Fsp3) is 0.231. The average molecular weight is 492 g/mol. The van der Waals surface area contributed by atoms with Crippen molar-refractivity contribution >= 4 is 46.5 Å². The van der Waals surface area contributed by atoms with Gasteiger partial charge in [-0.1, -0.05) is 30.2 Å². The van der Waals surface area contributed by atoms with Crippen molar-refractivity contribution in [2.24, 2.45) is 0 Å². The molecule has 35 heavy (non-hydrogen) atoms. The first-order chi connectivity index (χ1) is 16.9. The Hall–Kier alpha value is -3.75. The maximum atomic E-state index is 12.9. The van der Waals surface area contributed by atoms with Gasteiger partial charge < -0.3 is 20.9 Å². The van der Waals surface area contributed by atoms with Crippen molar-refractivity contribution in [3.8, 4) is 0 Å². The number of hydrogen-bond donors (Lipinski definition) is 3. The molecule has 3 N–H and O–H groups in total. The number of amides is 3. The molecule has 0 bridgehead atoms. The Kier molecular flexibility index (Phi) is 7.74. The number of hydrogen-bond acceptors (Lipinski definition) is 5. The molecule has 1 heterocycles. The van der Waals surface area contributed by atoms with Gasteiger partial charge in [-0.25, -0.2) is 4.98 Å². The largest absolute Gasteiger partial charge is 0.321 e. The van der Waals surface area contributed by atoms with Crippen LogP contribution in [0.1, 0.15) is 40.0 Å². The van der Waals surface area contributed by atoms with E-state index in [0.717, 1.165) is 12.8 Å². The predicted molar refractivity (Wildman–Crippen MR) is 137 cm³/mol. The van der Waals surface area contributed by atoms with Gasteiger partial charge in [0, 0.05) is 30.5 Å². The second kappa shape index (κ2) is 11.1. The molecule has 180 valence electrons. The van der Waals surface area contributed by atoms with Gasteiger partial charge in [0.1, 0.15) is 5.82 Å². The van der Waals surface area contributed by atoms with Gasteiger partial charge in [0.25, 0.3) is 11.8 Å². The molecule has 0 radical (unpaired) electrons. The Morgan fingerprint density at radius 3 is 2.37 bits per heavy atom. The average Bonchev–Trinajstić information content (AvgIpc) is 2.84. The maximum Gasteiger partial charge on any atom is 0.258 e. The number of carbonyl (C=O) groups is 3. The van der Waals surface area contributed by atoms with E-state index < -0.39 is 5.91 Å². The number of pyridine rings is 1. The summed E-state index contributed by atoms with van der Waals surface area (Å²) >= 11 is 5.84. The Balaban J connectivity index is 1.39. The van der Waals surface area contributed by atoms with E-state index >= 15 is 0 Å². The number of para-hydroxylation sites is 1. The third-order valence-electron chi connectivity index (χ3n) is 5.93. The Morgan fingerprint density at radius 2 is 1.71 bits per heavy atom. The molecule has 0 saturated heterocycles. The van der Waals surface area contributed by atoms with E-state index in [1.165, 1.54) is 12.6 Å². The van der Waals surface area contributed by atoms with Gasteiger partial charge in [0.2, 0.25) is 5.91 Å². The molecule has 2 aromatic carbocycles. The summed E-state index contributed by atoms with van der Waals surface area (Å²) in [5.74, 6) is -0.481. The van der Waals surface area contributed by atoms with Crippen molar-refractivity contribution in [3.05, 3.63) is 83.0 Å². The van der Waals surface area contributed by atoms with Crippen LogP contribution in [0.2, 0.25) is 5.02 Å². The Bertz CT molecular complexity index is 1210. The van der Waals surface area contributed by atoms with Crippen LogP contribution in [0.25, 0.3) is 0 Å². The van der Waals surface area contributed by atoms with Crippen LogP contribution in [0.4, 0.5) is 17.2 Å². The summed E-state index contributed by atoms with van der Waals surface area (Å²) in [7, 11) is 1.71. The Morgan fingerprint density at radius 1 is 0.971 bits per heavy atom. The zero-order chi connectivity index (χ0) is 24.8. The van der Waals surface area contributed by atoms with Crippen LogP contribution in [0.15, 0.2) is 66.9 Å². The summed E-state index contributed by atoms with van der Waals surface area (Å²) in [6.45, 7) is 0.286. The fourth-order valence-corrected chi connectivity index (χ4v) is 3.67. The third kappa shape index (κ3) is 6.23. The van der Waals surface area contributed by atoms with Crippen LogP contribution in [-0.4, -0.2) is 42.3 Å². The standard InChI is InChI=1S/C26H26ClN5O3/c1-32(24(33)16-28-19-5-4-6-19)20-12-9-17(10-13-20)25(34)30-22-8-3-2-7-21(22)26(35)31-23-14-11-18(27)15-29-23/h2-3,7-15,19,28H,4-6,16H2,1H3,(H,30,34)(H,29,31,35). The van der Waals surface area contributed by atoms with Crippen LogP contribution >= 0.6 is 11.6 Å². The highest BCUT2D eigenvalue weighted by molar-refractivity contribution is 6.30. The first kappa shape index (κ1) is 24.4. The molecule has 1 aromatic heterocycles. The van der Waals surface area contributed by atoms with E-state index in [-0.39, 0.29) is 18.4 Å². The van der Waals surface area contributed by atoms with Gasteiger partial charge in [0.15, 0.2) is 0 Å². The van der Waals surface area contributed by atoms with Crippen molar-refractivity contribution in [2.75, 3.05) is 29.1 Å². The molecule has 8 nitrogen and oxygen atoms in total. The lowest BCUT2D eigenvalue weighted by atomic mass is 9.93. The van der Waals surface area contributed by atoms with Crippen LogP contribution in [-0.2, 0) is 4.79 Å². The molecule has 0 aliphatic heterocycles. The molecule has 1 aliphatic rings. The van der Waals surface area contributed by atoms with Crippen molar-refractivity contribution in [1.29, 1.82) is 0 Å². The second-order valence-electron chi connectivity index (χ2n) is 8.32. The minimum atomic E-state index is -0.415. The van der Waals surface area contributed by atoms with Crippen molar-refractivity contribution in [2.45, 2.75) is 25.3 Å². The van der Waals surface area contributed by atoms with Crippen molar-refractivity contribution in [1.82, 2.24) is 10.3 Å². The third-order valence-corrected chi connectivity index (χ3v) is 6.15. The number of halogens is 1. The van der Waals surface area contributed by atoms with E-state index in [0.29, 0.717) is 39.4 Å². The van der Waals surface area contributed by atoms with Crippen molar-refractivity contribution in [3.63, 3.8) is 0 Å². The zero-order valence-electron chi connectivity index (χ0n) is 19.3. The van der Waals surface area contributed by atoms with Gasteiger partial charge in [-0.15, -0.1) is 0 Å². The molecule has 0 spiro atoms. The summed E-state index contributed by atoms with van der Waals surface area (Å²) in [5.41, 5.74) is 1.75. The number of anilines is 3. The lowest BCUT2D eigenvalue weighted by Gasteiger charge is -2.27. The zero-order valence-corrected chi connectivity index (χ0v) is 20.0. The summed E-state index contributed by atoms with van der Waals surface area (Å²) in [6, 6.07) is 17.1. The monoisotopic (exact) mass is 491 g/mol. The summed E-state index contributed by atoms with van der Waals surface area (Å²) < 4.78 is 0. The fourth-order valence-electron chi connectivity index (χ4n) is 3.56. The van der Waals surface area contributed by atoms with Gasteiger partial charge in [-0.2, -0.15) is 0 Å². The molecule has 3 aromatic rings. The minimum absolute atomic E-state index is 0.0378. The van der Waals surface area contributed by atoms with Gasteiger partial charge in [-0.05, 0) is 61.4 Å². The summed E-state index contributed by atoms with van der Waals surface area (Å²) in [4.78, 5) is 43.7. The van der Waals surface area contributed by atoms with Crippen LogP contribution in [0.5, 0.6) is 0 Å². The molecule has 1 aliphatic carbocycles. The van der Waals surface area contributed by atoms with Crippen molar-refractivity contribution < 1.29 is 14.4 Å². The lowest BCUT2D eigenvalue weighted by molar-refractivity contribution is -0.117. The van der Waals surface area contributed by atoms with E-state index in [1.807, 2.05) is 0 Å². The highest BCUT2D eigenvalue weighted by Crippen LogP contribution is 2.21. The first-order valence-electron chi connectivity index (χ1n) is 11.3. The quantitative estimate of drug-likeness (QED) is 0.435. The van der Waals surface area contributed by atoms with E-state index in [1.54, 1.807) is 72.6 Å². The van der Waals surface area contributed by atoms with Crippen LogP contribution in [0.3, 0.4) is 0 Å². The minimum Gasteiger partial charge on any atom is -0.321 e. The smallest absolute Gasteiger partial charge is 0.258 e. The molecule has 4 rings (SSSR count). The topological polar surface area (TPSA) is 103 Å². The van der Waals surface area contributed by atoms with Gasteiger partial charge in [0.05, 0.1) is 22.8 Å². The summed E-state index contributed by atoms with van der Waals surface area (Å²) in [5, 5.41) is 9.20.